The smallest absolute Gasteiger partial charge is 0.161 e. The molecule has 21 heavy (non-hydrogen) atoms. The van der Waals surface area contributed by atoms with Gasteiger partial charge in [-0.05, 0) is 31.0 Å². The van der Waals surface area contributed by atoms with E-state index in [1.165, 1.54) is 17.7 Å². The summed E-state index contributed by atoms with van der Waals surface area (Å²) in [6.07, 6.45) is 5.53. The molecule has 1 N–H and O–H groups in total. The zero-order valence-electron chi connectivity index (χ0n) is 11.8. The maximum absolute atomic E-state index is 5.74. The molecule has 0 atom stereocenters. The van der Waals surface area contributed by atoms with E-state index in [1.807, 2.05) is 18.3 Å². The van der Waals surface area contributed by atoms with E-state index in [-0.39, 0.29) is 0 Å². The Kier molecular flexibility index (Phi) is 3.53. The third-order valence-corrected chi connectivity index (χ3v) is 4.74. The highest BCUT2D eigenvalue weighted by Crippen LogP contribution is 2.35. The van der Waals surface area contributed by atoms with Crippen LogP contribution in [0.2, 0.25) is 0 Å². The number of aromatic nitrogens is 1. The first-order valence-electron chi connectivity index (χ1n) is 7.46. The minimum absolute atomic E-state index is 0.713. The number of hydrogen-bond acceptors (Lipinski definition) is 5. The number of nitrogens with one attached hydrogen (secondary N) is 1. The van der Waals surface area contributed by atoms with Crippen LogP contribution in [0.3, 0.4) is 0 Å². The lowest BCUT2D eigenvalue weighted by atomic mass is 10.2. The van der Waals surface area contributed by atoms with Crippen molar-refractivity contribution < 1.29 is 9.47 Å². The molecule has 2 aromatic rings. The van der Waals surface area contributed by atoms with Crippen LogP contribution in [0.5, 0.6) is 11.5 Å². The van der Waals surface area contributed by atoms with Gasteiger partial charge in [-0.15, -0.1) is 11.3 Å². The van der Waals surface area contributed by atoms with Gasteiger partial charge in [-0.2, -0.15) is 0 Å². The molecule has 0 spiro atoms. The van der Waals surface area contributed by atoms with Crippen molar-refractivity contribution in [3.05, 3.63) is 29.3 Å². The molecule has 0 bridgehead atoms. The summed E-state index contributed by atoms with van der Waals surface area (Å²) in [5, 5.41) is 4.56. The molecule has 1 aromatic heterocycles. The molecule has 5 heteroatoms. The molecule has 110 valence electrons. The summed E-state index contributed by atoms with van der Waals surface area (Å²) in [4.78, 5) is 5.82. The van der Waals surface area contributed by atoms with Gasteiger partial charge in [-0.1, -0.05) is 0 Å². The summed E-state index contributed by atoms with van der Waals surface area (Å²) in [6, 6.07) is 6.82. The van der Waals surface area contributed by atoms with Crippen LogP contribution in [0, 0.1) is 0 Å². The molecule has 1 aliphatic carbocycles. The molecule has 2 heterocycles. The Labute approximate surface area is 128 Å². The second-order valence-electron chi connectivity index (χ2n) is 5.50. The summed E-state index contributed by atoms with van der Waals surface area (Å²) in [7, 11) is 0. The van der Waals surface area contributed by atoms with Crippen molar-refractivity contribution in [2.45, 2.75) is 31.8 Å². The fourth-order valence-corrected chi connectivity index (χ4v) is 3.21. The number of nitrogens with zero attached hydrogens (tertiary/aromatic N) is 1. The molecule has 0 amide bonds. The van der Waals surface area contributed by atoms with Crippen LogP contribution in [0.4, 0.5) is 0 Å². The van der Waals surface area contributed by atoms with E-state index >= 15 is 0 Å². The van der Waals surface area contributed by atoms with Crippen molar-refractivity contribution in [3.8, 4) is 22.1 Å². The average Bonchev–Trinajstić information content (AvgIpc) is 3.27. The topological polar surface area (TPSA) is 43.4 Å². The van der Waals surface area contributed by atoms with Crippen molar-refractivity contribution in [1.82, 2.24) is 10.3 Å². The van der Waals surface area contributed by atoms with Gasteiger partial charge in [0.05, 0.1) is 13.2 Å². The van der Waals surface area contributed by atoms with Gasteiger partial charge in [0.2, 0.25) is 0 Å². The third kappa shape index (κ3) is 3.04. The van der Waals surface area contributed by atoms with Crippen LogP contribution in [-0.4, -0.2) is 24.2 Å². The summed E-state index contributed by atoms with van der Waals surface area (Å²) >= 11 is 1.74. The molecule has 4 nitrogen and oxygen atoms in total. The van der Waals surface area contributed by atoms with E-state index in [9.17, 15) is 0 Å². The first kappa shape index (κ1) is 13.1. The molecule has 1 fully saturated rings. The zero-order valence-corrected chi connectivity index (χ0v) is 12.6. The highest BCUT2D eigenvalue weighted by Gasteiger charge is 2.20. The van der Waals surface area contributed by atoms with E-state index < -0.39 is 0 Å². The predicted molar refractivity (Wildman–Crippen MR) is 83.0 cm³/mol. The summed E-state index contributed by atoms with van der Waals surface area (Å²) < 4.78 is 11.4. The highest BCUT2D eigenvalue weighted by atomic mass is 32.1. The van der Waals surface area contributed by atoms with Gasteiger partial charge in [0.1, 0.15) is 5.01 Å². The van der Waals surface area contributed by atoms with E-state index in [1.54, 1.807) is 11.3 Å². The Hall–Kier alpha value is -1.59. The van der Waals surface area contributed by atoms with E-state index in [4.69, 9.17) is 9.47 Å². The molecule has 0 saturated heterocycles. The Morgan fingerprint density at radius 1 is 1.19 bits per heavy atom. The Bertz CT molecular complexity index is 637. The molecule has 2 aliphatic rings. The predicted octanol–water partition coefficient (Wildman–Crippen LogP) is 3.22. The second kappa shape index (κ2) is 5.66. The first-order valence-corrected chi connectivity index (χ1v) is 8.28. The van der Waals surface area contributed by atoms with Gasteiger partial charge >= 0.3 is 0 Å². The van der Waals surface area contributed by atoms with Gasteiger partial charge in [0, 0.05) is 35.6 Å². The van der Waals surface area contributed by atoms with Crippen molar-refractivity contribution in [2.24, 2.45) is 0 Å². The first-order chi connectivity index (χ1) is 10.4. The van der Waals surface area contributed by atoms with Crippen molar-refractivity contribution in [3.63, 3.8) is 0 Å². The van der Waals surface area contributed by atoms with Crippen LogP contribution in [0.25, 0.3) is 10.6 Å². The summed E-state index contributed by atoms with van der Waals surface area (Å²) in [5.74, 6) is 1.67. The van der Waals surface area contributed by atoms with Crippen LogP contribution in [0.1, 0.15) is 24.1 Å². The van der Waals surface area contributed by atoms with Gasteiger partial charge < -0.3 is 14.8 Å². The standard InChI is InChI=1S/C16H18N2O2S/c1-6-19-14-5-2-11(8-15(14)20-7-1)16-18-10-13(21-16)9-17-12-3-4-12/h2,5,8,10,12,17H,1,3-4,6-7,9H2. The van der Waals surface area contributed by atoms with Gasteiger partial charge in [0.25, 0.3) is 0 Å². The fraction of sp³-hybridized carbons (Fsp3) is 0.438. The van der Waals surface area contributed by atoms with Crippen molar-refractivity contribution in [1.29, 1.82) is 0 Å². The van der Waals surface area contributed by atoms with Crippen molar-refractivity contribution >= 4 is 11.3 Å². The highest BCUT2D eigenvalue weighted by molar-refractivity contribution is 7.15. The zero-order chi connectivity index (χ0) is 14.1. The largest absolute Gasteiger partial charge is 0.490 e. The lowest BCUT2D eigenvalue weighted by Crippen LogP contribution is -2.14. The average molecular weight is 302 g/mol. The summed E-state index contributed by atoms with van der Waals surface area (Å²) in [5.41, 5.74) is 1.10. The van der Waals surface area contributed by atoms with E-state index in [0.717, 1.165) is 47.7 Å². The number of rotatable bonds is 4. The van der Waals surface area contributed by atoms with Crippen LogP contribution in [-0.2, 0) is 6.54 Å². The van der Waals surface area contributed by atoms with Crippen molar-refractivity contribution in [2.75, 3.05) is 13.2 Å². The maximum atomic E-state index is 5.74. The number of ether oxygens (including phenoxy) is 2. The monoisotopic (exact) mass is 302 g/mol. The van der Waals surface area contributed by atoms with E-state index in [2.05, 4.69) is 16.4 Å². The molecular formula is C16H18N2O2S. The van der Waals surface area contributed by atoms with Crippen LogP contribution in [0.15, 0.2) is 24.4 Å². The number of benzene rings is 1. The summed E-state index contributed by atoms with van der Waals surface area (Å²) in [6.45, 7) is 2.36. The number of fused-ring (bicyclic) bond motifs is 1. The molecule has 4 rings (SSSR count). The molecule has 1 saturated carbocycles. The number of thiazole rings is 1. The molecule has 1 aliphatic heterocycles. The lowest BCUT2D eigenvalue weighted by Gasteiger charge is -2.07. The Morgan fingerprint density at radius 2 is 2.05 bits per heavy atom. The Morgan fingerprint density at radius 3 is 2.90 bits per heavy atom. The molecular weight excluding hydrogens is 284 g/mol. The fourth-order valence-electron chi connectivity index (χ4n) is 2.35. The maximum Gasteiger partial charge on any atom is 0.161 e. The van der Waals surface area contributed by atoms with Gasteiger partial charge in [-0.3, -0.25) is 0 Å². The second-order valence-corrected chi connectivity index (χ2v) is 6.61. The normalized spacial score (nSPS) is 17.5. The lowest BCUT2D eigenvalue weighted by molar-refractivity contribution is 0.297. The van der Waals surface area contributed by atoms with Gasteiger partial charge in [0.15, 0.2) is 11.5 Å². The molecule has 0 radical (unpaired) electrons. The van der Waals surface area contributed by atoms with Crippen LogP contribution < -0.4 is 14.8 Å². The molecule has 0 unspecified atom stereocenters. The van der Waals surface area contributed by atoms with E-state index in [0.29, 0.717) is 6.61 Å². The minimum Gasteiger partial charge on any atom is -0.490 e. The third-order valence-electron chi connectivity index (χ3n) is 3.69. The SMILES string of the molecule is c1cc2c(cc1-c1ncc(CNC3CC3)s1)OCCCO2. The Balaban J connectivity index is 1.53. The minimum atomic E-state index is 0.713. The van der Waals surface area contributed by atoms with Gasteiger partial charge in [-0.25, -0.2) is 4.98 Å². The van der Waals surface area contributed by atoms with Crippen LogP contribution >= 0.6 is 11.3 Å². The quantitative estimate of drug-likeness (QED) is 0.941. The number of hydrogen-bond donors (Lipinski definition) is 1. The molecule has 1 aromatic carbocycles.